The molecule has 2 aromatic carbocycles. The molecule has 1 aromatic heterocycles. The average molecular weight is 361 g/mol. The minimum atomic E-state index is -0.394. The molecule has 5 nitrogen and oxygen atoms in total. The molecule has 0 aliphatic carbocycles. The molecule has 0 aliphatic heterocycles. The van der Waals surface area contributed by atoms with Crippen molar-refractivity contribution in [2.75, 3.05) is 6.54 Å². The van der Waals surface area contributed by atoms with E-state index in [1.165, 1.54) is 36.5 Å². The Kier molecular flexibility index (Phi) is 4.64. The van der Waals surface area contributed by atoms with Crippen LogP contribution in [0.2, 0.25) is 0 Å². The third-order valence-electron chi connectivity index (χ3n) is 3.19. The van der Waals surface area contributed by atoms with Crippen LogP contribution in [0.25, 0.3) is 20.2 Å². The van der Waals surface area contributed by atoms with Gasteiger partial charge in [0.15, 0.2) is 15.5 Å². The van der Waals surface area contributed by atoms with E-state index in [-0.39, 0.29) is 0 Å². The molecule has 0 fully saturated rings. The lowest BCUT2D eigenvalue weighted by atomic mass is 10.1. The largest absolute Gasteiger partial charge is 0.424 e. The molecule has 0 amide bonds. The molecule has 0 saturated carbocycles. The minimum Gasteiger partial charge on any atom is -0.424 e. The lowest BCUT2D eigenvalue weighted by Gasteiger charge is -2.12. The number of hydrogen-bond acceptors (Lipinski definition) is 7. The summed E-state index contributed by atoms with van der Waals surface area (Å²) in [7, 11) is 0. The van der Waals surface area contributed by atoms with Gasteiger partial charge in [0, 0.05) is 31.2 Å². The van der Waals surface area contributed by atoms with E-state index >= 15 is 0 Å². The van der Waals surface area contributed by atoms with Gasteiger partial charge in [-0.2, -0.15) is 0 Å². The van der Waals surface area contributed by atoms with Gasteiger partial charge in [-0.05, 0) is 6.92 Å². The van der Waals surface area contributed by atoms with Gasteiger partial charge in [0.1, 0.15) is 0 Å². The van der Waals surface area contributed by atoms with Gasteiger partial charge in [-0.3, -0.25) is 14.6 Å². The quantitative estimate of drug-likeness (QED) is 0.524. The second-order valence-corrected chi connectivity index (χ2v) is 7.25. The number of ether oxygens (including phenoxy) is 2. The smallest absolute Gasteiger partial charge is 0.308 e. The minimum absolute atomic E-state index is 0.394. The SMILES string of the molecule is CCN=c1sc2c(OC(C)=O)c3ccccc3c(OC(C)=O)c2s1. The number of carbonyl (C=O) groups excluding carboxylic acids is 2. The van der Waals surface area contributed by atoms with Crippen LogP contribution in [0.5, 0.6) is 11.5 Å². The van der Waals surface area contributed by atoms with Gasteiger partial charge in [0.2, 0.25) is 0 Å². The van der Waals surface area contributed by atoms with Crippen molar-refractivity contribution in [1.29, 1.82) is 0 Å². The Hall–Kier alpha value is -2.25. The summed E-state index contributed by atoms with van der Waals surface area (Å²) >= 11 is 2.86. The second-order valence-electron chi connectivity index (χ2n) is 4.99. The summed E-state index contributed by atoms with van der Waals surface area (Å²) in [6.45, 7) is 5.34. The number of nitrogens with zero attached hydrogens (tertiary/aromatic N) is 1. The van der Waals surface area contributed by atoms with Crippen molar-refractivity contribution in [2.24, 2.45) is 4.99 Å². The van der Waals surface area contributed by atoms with E-state index in [2.05, 4.69) is 4.99 Å². The highest BCUT2D eigenvalue weighted by Gasteiger charge is 2.20. The Morgan fingerprint density at radius 1 is 0.958 bits per heavy atom. The summed E-state index contributed by atoms with van der Waals surface area (Å²) in [6, 6.07) is 7.41. The molecule has 0 atom stereocenters. The van der Waals surface area contributed by atoms with Gasteiger partial charge < -0.3 is 9.47 Å². The van der Waals surface area contributed by atoms with Crippen molar-refractivity contribution in [3.63, 3.8) is 0 Å². The Balaban J connectivity index is 2.48. The van der Waals surface area contributed by atoms with Gasteiger partial charge >= 0.3 is 11.9 Å². The first-order valence-corrected chi connectivity index (χ1v) is 9.00. The normalized spacial score (nSPS) is 10.8. The van der Waals surface area contributed by atoms with Crippen molar-refractivity contribution >= 4 is 54.8 Å². The summed E-state index contributed by atoms with van der Waals surface area (Å²) in [6.07, 6.45) is 0. The van der Waals surface area contributed by atoms with Gasteiger partial charge in [-0.1, -0.05) is 24.3 Å². The van der Waals surface area contributed by atoms with E-state index < -0.39 is 11.9 Å². The molecule has 0 saturated heterocycles. The molecule has 7 heteroatoms. The summed E-state index contributed by atoms with van der Waals surface area (Å²) in [5.41, 5.74) is 0. The molecular formula is C17H15NO4S2. The van der Waals surface area contributed by atoms with Crippen LogP contribution in [0.1, 0.15) is 20.8 Å². The van der Waals surface area contributed by atoms with Crippen molar-refractivity contribution in [3.05, 3.63) is 28.3 Å². The monoisotopic (exact) mass is 361 g/mol. The number of hydrogen-bond donors (Lipinski definition) is 0. The van der Waals surface area contributed by atoms with Crippen LogP contribution in [-0.2, 0) is 9.59 Å². The van der Waals surface area contributed by atoms with Crippen LogP contribution in [0.4, 0.5) is 0 Å². The molecular weight excluding hydrogens is 346 g/mol. The first kappa shape index (κ1) is 16.6. The Bertz CT molecular complexity index is 941. The number of esters is 2. The van der Waals surface area contributed by atoms with E-state index in [1.54, 1.807) is 0 Å². The van der Waals surface area contributed by atoms with Crippen LogP contribution in [-0.4, -0.2) is 18.5 Å². The maximum atomic E-state index is 11.6. The number of fused-ring (bicyclic) bond motifs is 2. The number of rotatable bonds is 3. The first-order chi connectivity index (χ1) is 11.5. The fourth-order valence-electron chi connectivity index (χ4n) is 2.39. The first-order valence-electron chi connectivity index (χ1n) is 7.37. The zero-order valence-corrected chi connectivity index (χ0v) is 15.0. The number of carbonyl (C=O) groups is 2. The van der Waals surface area contributed by atoms with E-state index in [0.717, 1.165) is 24.2 Å². The zero-order chi connectivity index (χ0) is 17.3. The highest BCUT2D eigenvalue weighted by Crippen LogP contribution is 2.45. The Labute approximate surface area is 146 Å². The maximum absolute atomic E-state index is 11.6. The molecule has 0 bridgehead atoms. The van der Waals surface area contributed by atoms with Crippen molar-refractivity contribution < 1.29 is 19.1 Å². The predicted molar refractivity (Wildman–Crippen MR) is 95.9 cm³/mol. The second kappa shape index (κ2) is 6.70. The topological polar surface area (TPSA) is 65.0 Å². The van der Waals surface area contributed by atoms with Crippen LogP contribution in [0.15, 0.2) is 29.3 Å². The van der Waals surface area contributed by atoms with Crippen LogP contribution >= 0.6 is 22.7 Å². The van der Waals surface area contributed by atoms with Crippen LogP contribution in [0, 0.1) is 0 Å². The summed E-state index contributed by atoms with van der Waals surface area (Å²) in [5, 5.41) is 1.46. The van der Waals surface area contributed by atoms with Gasteiger partial charge in [0.05, 0.1) is 9.40 Å². The summed E-state index contributed by atoms with van der Waals surface area (Å²) < 4.78 is 13.3. The van der Waals surface area contributed by atoms with Gasteiger partial charge in [-0.25, -0.2) is 0 Å². The van der Waals surface area contributed by atoms with E-state index in [4.69, 9.17) is 9.47 Å². The molecule has 0 aliphatic rings. The average Bonchev–Trinajstić information content (AvgIpc) is 2.94. The van der Waals surface area contributed by atoms with Crippen molar-refractivity contribution in [2.45, 2.75) is 20.8 Å². The third kappa shape index (κ3) is 3.05. The van der Waals surface area contributed by atoms with Gasteiger partial charge in [0.25, 0.3) is 0 Å². The molecule has 0 unspecified atom stereocenters. The molecule has 1 heterocycles. The highest BCUT2D eigenvalue weighted by atomic mass is 32.2. The molecule has 0 spiro atoms. The molecule has 24 heavy (non-hydrogen) atoms. The van der Waals surface area contributed by atoms with Gasteiger partial charge in [-0.15, -0.1) is 22.7 Å². The van der Waals surface area contributed by atoms with Crippen LogP contribution < -0.4 is 13.5 Å². The highest BCUT2D eigenvalue weighted by molar-refractivity contribution is 7.36. The zero-order valence-electron chi connectivity index (χ0n) is 13.4. The molecule has 3 aromatic rings. The molecule has 0 N–H and O–H groups in total. The lowest BCUT2D eigenvalue weighted by Crippen LogP contribution is -2.05. The van der Waals surface area contributed by atoms with E-state index in [1.807, 2.05) is 31.2 Å². The molecule has 124 valence electrons. The van der Waals surface area contributed by atoms with Crippen molar-refractivity contribution in [3.8, 4) is 11.5 Å². The Morgan fingerprint density at radius 3 is 1.79 bits per heavy atom. The maximum Gasteiger partial charge on any atom is 0.308 e. The van der Waals surface area contributed by atoms with Crippen molar-refractivity contribution in [1.82, 2.24) is 0 Å². The summed E-state index contributed by atoms with van der Waals surface area (Å²) in [5.74, 6) is 0.189. The van der Waals surface area contributed by atoms with Crippen LogP contribution in [0.3, 0.4) is 0 Å². The lowest BCUT2D eigenvalue weighted by molar-refractivity contribution is -0.132. The van der Waals surface area contributed by atoms with E-state index in [0.29, 0.717) is 18.0 Å². The third-order valence-corrected chi connectivity index (χ3v) is 5.62. The standard InChI is InChI=1S/C17H15NO4S2/c1-4-18-17-23-15-13(21-9(2)19)11-7-5-6-8-12(11)14(16(15)24-17)22-10(3)20/h5-8H,4H2,1-3H3. The Morgan fingerprint density at radius 2 is 1.42 bits per heavy atom. The fourth-order valence-corrected chi connectivity index (χ4v) is 4.91. The molecule has 3 rings (SSSR count). The number of benzene rings is 2. The summed E-state index contributed by atoms with van der Waals surface area (Å²) in [4.78, 5) is 27.6. The predicted octanol–water partition coefficient (Wildman–Crippen LogP) is 3.89. The van der Waals surface area contributed by atoms with E-state index in [9.17, 15) is 9.59 Å². The molecule has 0 radical (unpaired) electrons. The fraction of sp³-hybridized carbons (Fsp3) is 0.235.